The summed E-state index contributed by atoms with van der Waals surface area (Å²) in [6.45, 7) is 3.90. The van der Waals surface area contributed by atoms with Crippen molar-refractivity contribution in [2.45, 2.75) is 32.9 Å². The van der Waals surface area contributed by atoms with E-state index in [9.17, 15) is 0 Å². The van der Waals surface area contributed by atoms with Gasteiger partial charge in [0.15, 0.2) is 6.61 Å². The first-order valence-corrected chi connectivity index (χ1v) is 6.39. The maximum atomic E-state index is 6.17. The van der Waals surface area contributed by atoms with Gasteiger partial charge in [0, 0.05) is 23.6 Å². The van der Waals surface area contributed by atoms with Gasteiger partial charge in [-0.15, -0.1) is 0 Å². The van der Waals surface area contributed by atoms with E-state index in [0.717, 1.165) is 5.56 Å². The molecule has 0 amide bonds. The summed E-state index contributed by atoms with van der Waals surface area (Å²) in [5.74, 6) is 1.72. The fourth-order valence-electron chi connectivity index (χ4n) is 1.74. The number of nitrogens with two attached hydrogens (primary N) is 1. The van der Waals surface area contributed by atoms with Crippen LogP contribution >= 0.6 is 11.6 Å². The zero-order chi connectivity index (χ0) is 13.8. The molecule has 0 saturated carbocycles. The van der Waals surface area contributed by atoms with Crippen molar-refractivity contribution in [3.05, 3.63) is 40.5 Å². The third-order valence-corrected chi connectivity index (χ3v) is 2.88. The Kier molecular flexibility index (Phi) is 4.39. The molecule has 1 atom stereocenters. The lowest BCUT2D eigenvalue weighted by molar-refractivity contribution is 0.282. The van der Waals surface area contributed by atoms with Crippen molar-refractivity contribution in [2.24, 2.45) is 5.73 Å². The Morgan fingerprint density at radius 3 is 2.89 bits per heavy atom. The van der Waals surface area contributed by atoms with Gasteiger partial charge in [0.25, 0.3) is 0 Å². The summed E-state index contributed by atoms with van der Waals surface area (Å²) >= 11 is 6.17. The number of hydrogen-bond acceptors (Lipinski definition) is 5. The zero-order valence-electron chi connectivity index (χ0n) is 10.9. The summed E-state index contributed by atoms with van der Waals surface area (Å²) in [5, 5.41) is 4.43. The number of aromatic nitrogens is 2. The SMILES string of the molecule is Cc1nc(COc2cccc(Cl)c2CC(C)N)no1. The highest BCUT2D eigenvalue weighted by atomic mass is 35.5. The van der Waals surface area contributed by atoms with Crippen molar-refractivity contribution in [1.82, 2.24) is 10.1 Å². The molecule has 0 saturated heterocycles. The summed E-state index contributed by atoms with van der Waals surface area (Å²) in [4.78, 5) is 4.08. The highest BCUT2D eigenvalue weighted by Crippen LogP contribution is 2.28. The number of benzene rings is 1. The predicted molar refractivity (Wildman–Crippen MR) is 72.2 cm³/mol. The van der Waals surface area contributed by atoms with Gasteiger partial charge in [-0.3, -0.25) is 0 Å². The van der Waals surface area contributed by atoms with E-state index in [2.05, 4.69) is 10.1 Å². The van der Waals surface area contributed by atoms with Crippen molar-refractivity contribution < 1.29 is 9.26 Å². The molecule has 0 bridgehead atoms. The molecule has 0 aliphatic rings. The largest absolute Gasteiger partial charge is 0.485 e. The van der Waals surface area contributed by atoms with Gasteiger partial charge >= 0.3 is 0 Å². The average Bonchev–Trinajstić information content (AvgIpc) is 2.75. The molecule has 0 aliphatic heterocycles. The maximum absolute atomic E-state index is 6.17. The Hall–Kier alpha value is -1.59. The summed E-state index contributed by atoms with van der Waals surface area (Å²) in [6, 6.07) is 5.53. The number of rotatable bonds is 5. The van der Waals surface area contributed by atoms with E-state index in [1.807, 2.05) is 25.1 Å². The molecule has 0 radical (unpaired) electrons. The minimum absolute atomic E-state index is 0.00895. The third kappa shape index (κ3) is 3.68. The number of halogens is 1. The first kappa shape index (κ1) is 13.8. The van der Waals surface area contributed by atoms with Crippen LogP contribution in [0.4, 0.5) is 0 Å². The molecule has 0 spiro atoms. The first-order chi connectivity index (χ1) is 9.06. The van der Waals surface area contributed by atoms with Crippen LogP contribution in [-0.2, 0) is 13.0 Å². The molecule has 2 aromatic rings. The second-order valence-electron chi connectivity index (χ2n) is 4.42. The summed E-state index contributed by atoms with van der Waals surface area (Å²) in [5.41, 5.74) is 6.72. The number of ether oxygens (including phenoxy) is 1. The van der Waals surface area contributed by atoms with Crippen LogP contribution < -0.4 is 10.5 Å². The van der Waals surface area contributed by atoms with E-state index in [0.29, 0.717) is 28.9 Å². The van der Waals surface area contributed by atoms with Crippen LogP contribution in [0, 0.1) is 6.92 Å². The van der Waals surface area contributed by atoms with Crippen LogP contribution in [-0.4, -0.2) is 16.2 Å². The Labute approximate surface area is 116 Å². The Bertz CT molecular complexity index is 555. The van der Waals surface area contributed by atoms with E-state index in [1.54, 1.807) is 6.92 Å². The molecule has 1 heterocycles. The second kappa shape index (κ2) is 6.04. The van der Waals surface area contributed by atoms with Gasteiger partial charge < -0.3 is 15.0 Å². The lowest BCUT2D eigenvalue weighted by atomic mass is 10.1. The van der Waals surface area contributed by atoms with E-state index < -0.39 is 0 Å². The first-order valence-electron chi connectivity index (χ1n) is 6.01. The van der Waals surface area contributed by atoms with Crippen molar-refractivity contribution >= 4 is 11.6 Å². The molecule has 1 unspecified atom stereocenters. The standard InChI is InChI=1S/C13H16ClN3O2/c1-8(15)6-10-11(14)4-3-5-12(10)18-7-13-16-9(2)19-17-13/h3-5,8H,6-7,15H2,1-2H3. The molecule has 2 N–H and O–H groups in total. The highest BCUT2D eigenvalue weighted by Gasteiger charge is 2.11. The molecule has 1 aromatic carbocycles. The van der Waals surface area contributed by atoms with E-state index >= 15 is 0 Å². The quantitative estimate of drug-likeness (QED) is 0.911. The molecule has 5 nitrogen and oxygen atoms in total. The second-order valence-corrected chi connectivity index (χ2v) is 4.82. The van der Waals surface area contributed by atoms with Crippen LogP contribution in [0.2, 0.25) is 5.02 Å². The molecular weight excluding hydrogens is 266 g/mol. The third-order valence-electron chi connectivity index (χ3n) is 2.53. The summed E-state index contributed by atoms with van der Waals surface area (Å²) in [6.07, 6.45) is 0.653. The number of nitrogens with zero attached hydrogens (tertiary/aromatic N) is 2. The van der Waals surface area contributed by atoms with E-state index in [-0.39, 0.29) is 12.6 Å². The Morgan fingerprint density at radius 1 is 1.47 bits per heavy atom. The van der Waals surface area contributed by atoms with Gasteiger partial charge in [-0.25, -0.2) is 0 Å². The van der Waals surface area contributed by atoms with Crippen molar-refractivity contribution in [3.63, 3.8) is 0 Å². The Morgan fingerprint density at radius 2 is 2.26 bits per heavy atom. The van der Waals surface area contributed by atoms with Crippen LogP contribution in [0.1, 0.15) is 24.2 Å². The topological polar surface area (TPSA) is 74.2 Å². The van der Waals surface area contributed by atoms with E-state index in [4.69, 9.17) is 26.6 Å². The van der Waals surface area contributed by atoms with E-state index in [1.165, 1.54) is 0 Å². The highest BCUT2D eigenvalue weighted by molar-refractivity contribution is 6.31. The minimum Gasteiger partial charge on any atom is -0.485 e. The molecular formula is C13H16ClN3O2. The number of aryl methyl sites for hydroxylation is 1. The minimum atomic E-state index is 0.00895. The lowest BCUT2D eigenvalue weighted by Crippen LogP contribution is -2.18. The average molecular weight is 282 g/mol. The zero-order valence-corrected chi connectivity index (χ0v) is 11.6. The molecule has 0 fully saturated rings. The van der Waals surface area contributed by atoms with Crippen LogP contribution in [0.5, 0.6) is 5.75 Å². The molecule has 0 aliphatic carbocycles. The van der Waals surface area contributed by atoms with Crippen LogP contribution in [0.15, 0.2) is 22.7 Å². The van der Waals surface area contributed by atoms with Crippen molar-refractivity contribution in [3.8, 4) is 5.75 Å². The Balaban J connectivity index is 2.13. The smallest absolute Gasteiger partial charge is 0.223 e. The summed E-state index contributed by atoms with van der Waals surface area (Å²) in [7, 11) is 0. The molecule has 6 heteroatoms. The molecule has 1 aromatic heterocycles. The van der Waals surface area contributed by atoms with Gasteiger partial charge in [0.05, 0.1) is 0 Å². The molecule has 19 heavy (non-hydrogen) atoms. The normalized spacial score (nSPS) is 12.4. The molecule has 2 rings (SSSR count). The molecule has 102 valence electrons. The van der Waals surface area contributed by atoms with Gasteiger partial charge in [-0.2, -0.15) is 4.98 Å². The fourth-order valence-corrected chi connectivity index (χ4v) is 1.98. The fraction of sp³-hybridized carbons (Fsp3) is 0.385. The predicted octanol–water partition coefficient (Wildman–Crippen LogP) is 2.50. The van der Waals surface area contributed by atoms with Gasteiger partial charge in [0.2, 0.25) is 11.7 Å². The monoisotopic (exact) mass is 281 g/mol. The number of hydrogen-bond donors (Lipinski definition) is 1. The summed E-state index contributed by atoms with van der Waals surface area (Å²) < 4.78 is 10.6. The van der Waals surface area contributed by atoms with Gasteiger partial charge in [-0.1, -0.05) is 22.8 Å². The van der Waals surface area contributed by atoms with Crippen molar-refractivity contribution in [2.75, 3.05) is 0 Å². The van der Waals surface area contributed by atoms with Gasteiger partial charge in [-0.05, 0) is 25.5 Å². The van der Waals surface area contributed by atoms with Crippen LogP contribution in [0.3, 0.4) is 0 Å². The van der Waals surface area contributed by atoms with Crippen molar-refractivity contribution in [1.29, 1.82) is 0 Å². The maximum Gasteiger partial charge on any atom is 0.223 e. The lowest BCUT2D eigenvalue weighted by Gasteiger charge is -2.13. The van der Waals surface area contributed by atoms with Crippen LogP contribution in [0.25, 0.3) is 0 Å². The van der Waals surface area contributed by atoms with Gasteiger partial charge in [0.1, 0.15) is 5.75 Å².